The van der Waals surface area contributed by atoms with Gasteiger partial charge in [0.15, 0.2) is 5.70 Å². The van der Waals surface area contributed by atoms with Gasteiger partial charge in [0.25, 0.3) is 0 Å². The fraction of sp³-hybridized carbons (Fsp3) is 0.286. The maximum Gasteiger partial charge on any atom is 0.358 e. The molecule has 1 aromatic rings. The van der Waals surface area contributed by atoms with Gasteiger partial charge in [-0.25, -0.2) is 9.59 Å². The van der Waals surface area contributed by atoms with Gasteiger partial charge in [-0.2, -0.15) is 0 Å². The van der Waals surface area contributed by atoms with Gasteiger partial charge < -0.3 is 19.9 Å². The second-order valence-corrected chi connectivity index (χ2v) is 3.84. The lowest BCUT2D eigenvalue weighted by molar-refractivity contribution is -0.138. The molecule has 1 rings (SSSR count). The molecule has 0 atom stereocenters. The van der Waals surface area contributed by atoms with E-state index in [2.05, 4.69) is 10.1 Å². The van der Waals surface area contributed by atoms with Gasteiger partial charge in [0.2, 0.25) is 0 Å². The summed E-state index contributed by atoms with van der Waals surface area (Å²) < 4.78 is 9.48. The molecule has 0 aliphatic heterocycles. The molecule has 0 radical (unpaired) electrons. The molecule has 108 valence electrons. The van der Waals surface area contributed by atoms with E-state index in [1.807, 2.05) is 0 Å². The van der Waals surface area contributed by atoms with Crippen molar-refractivity contribution in [3.63, 3.8) is 0 Å². The maximum atomic E-state index is 11.7. The van der Waals surface area contributed by atoms with Crippen LogP contribution in [0.2, 0.25) is 0 Å². The van der Waals surface area contributed by atoms with Gasteiger partial charge in [0.1, 0.15) is 5.76 Å². The first-order chi connectivity index (χ1) is 9.51. The minimum Gasteiger partial charge on any atom is -0.510 e. The molecule has 0 aromatic heterocycles. The van der Waals surface area contributed by atoms with Crippen molar-refractivity contribution in [1.29, 1.82) is 0 Å². The standard InChI is InChI=1S/C14H17NO5/c1-4-20-14(18)12(9(2)16)15-11-8-6-5-7-10(11)13(17)19-3/h5-8,15-16H,4H2,1-3H3/b12-9-. The molecule has 0 heterocycles. The minimum atomic E-state index is -0.702. The van der Waals surface area contributed by atoms with Crippen molar-refractivity contribution in [2.24, 2.45) is 0 Å². The summed E-state index contributed by atoms with van der Waals surface area (Å²) in [5.41, 5.74) is 0.469. The second kappa shape index (κ2) is 7.18. The van der Waals surface area contributed by atoms with Crippen LogP contribution in [0.5, 0.6) is 0 Å². The zero-order valence-corrected chi connectivity index (χ0v) is 11.6. The van der Waals surface area contributed by atoms with Crippen LogP contribution in [0, 0.1) is 0 Å². The smallest absolute Gasteiger partial charge is 0.358 e. The second-order valence-electron chi connectivity index (χ2n) is 3.84. The largest absolute Gasteiger partial charge is 0.510 e. The predicted octanol–water partition coefficient (Wildman–Crippen LogP) is 2.24. The normalized spacial score (nSPS) is 11.3. The summed E-state index contributed by atoms with van der Waals surface area (Å²) >= 11 is 0. The molecule has 0 unspecified atom stereocenters. The predicted molar refractivity (Wildman–Crippen MR) is 73.4 cm³/mol. The number of aliphatic hydroxyl groups is 1. The number of benzene rings is 1. The number of nitrogens with one attached hydrogen (secondary N) is 1. The van der Waals surface area contributed by atoms with Gasteiger partial charge in [0.05, 0.1) is 25.0 Å². The molecule has 0 saturated carbocycles. The summed E-state index contributed by atoms with van der Waals surface area (Å²) in [5.74, 6) is -1.48. The third kappa shape index (κ3) is 3.74. The molecular formula is C14H17NO5. The number of anilines is 1. The summed E-state index contributed by atoms with van der Waals surface area (Å²) in [6.45, 7) is 3.18. The highest BCUT2D eigenvalue weighted by atomic mass is 16.5. The molecule has 20 heavy (non-hydrogen) atoms. The van der Waals surface area contributed by atoms with E-state index in [0.717, 1.165) is 0 Å². The Kier molecular flexibility index (Phi) is 5.58. The van der Waals surface area contributed by atoms with Crippen LogP contribution in [-0.2, 0) is 14.3 Å². The Morgan fingerprint density at radius 1 is 1.30 bits per heavy atom. The van der Waals surface area contributed by atoms with Crippen molar-refractivity contribution in [3.8, 4) is 0 Å². The van der Waals surface area contributed by atoms with E-state index in [-0.39, 0.29) is 23.6 Å². The molecule has 6 heteroatoms. The van der Waals surface area contributed by atoms with Crippen molar-refractivity contribution in [2.75, 3.05) is 19.0 Å². The summed E-state index contributed by atoms with van der Waals surface area (Å²) in [7, 11) is 1.26. The average Bonchev–Trinajstić information content (AvgIpc) is 2.44. The van der Waals surface area contributed by atoms with E-state index >= 15 is 0 Å². The Labute approximate surface area is 117 Å². The molecule has 0 amide bonds. The summed E-state index contributed by atoms with van der Waals surface area (Å²) in [5, 5.41) is 12.3. The van der Waals surface area contributed by atoms with Gasteiger partial charge >= 0.3 is 11.9 Å². The number of rotatable bonds is 5. The first-order valence-corrected chi connectivity index (χ1v) is 6.02. The van der Waals surface area contributed by atoms with Crippen molar-refractivity contribution < 1.29 is 24.2 Å². The SMILES string of the molecule is CCOC(=O)/C(Nc1ccccc1C(=O)OC)=C(\C)O. The topological polar surface area (TPSA) is 84.9 Å². The number of esters is 2. The van der Waals surface area contributed by atoms with Crippen molar-refractivity contribution in [2.45, 2.75) is 13.8 Å². The van der Waals surface area contributed by atoms with Gasteiger partial charge in [0, 0.05) is 0 Å². The maximum absolute atomic E-state index is 11.7. The van der Waals surface area contributed by atoms with E-state index in [1.165, 1.54) is 14.0 Å². The average molecular weight is 279 g/mol. The zero-order chi connectivity index (χ0) is 15.1. The van der Waals surface area contributed by atoms with Crippen LogP contribution in [-0.4, -0.2) is 30.8 Å². The third-order valence-corrected chi connectivity index (χ3v) is 2.43. The van der Waals surface area contributed by atoms with Crippen LogP contribution in [0.25, 0.3) is 0 Å². The third-order valence-electron chi connectivity index (χ3n) is 2.43. The van der Waals surface area contributed by atoms with E-state index in [9.17, 15) is 14.7 Å². The Balaban J connectivity index is 3.11. The highest BCUT2D eigenvalue weighted by Gasteiger charge is 2.18. The highest BCUT2D eigenvalue weighted by molar-refractivity contribution is 5.99. The molecule has 0 bridgehead atoms. The molecule has 0 fully saturated rings. The molecule has 0 saturated heterocycles. The number of hydrogen-bond acceptors (Lipinski definition) is 6. The number of hydrogen-bond donors (Lipinski definition) is 2. The molecular weight excluding hydrogens is 262 g/mol. The van der Waals surface area contributed by atoms with Gasteiger partial charge in [-0.1, -0.05) is 12.1 Å². The first-order valence-electron chi connectivity index (χ1n) is 6.02. The Hall–Kier alpha value is -2.50. The Bertz CT molecular complexity index is 532. The quantitative estimate of drug-likeness (QED) is 0.488. The number of methoxy groups -OCH3 is 1. The van der Waals surface area contributed by atoms with Crippen LogP contribution in [0.4, 0.5) is 5.69 Å². The number of ether oxygens (including phenoxy) is 2. The molecule has 2 N–H and O–H groups in total. The van der Waals surface area contributed by atoms with Gasteiger partial charge in [-0.15, -0.1) is 0 Å². The molecule has 0 spiro atoms. The highest BCUT2D eigenvalue weighted by Crippen LogP contribution is 2.19. The van der Waals surface area contributed by atoms with Crippen LogP contribution in [0.15, 0.2) is 35.7 Å². The van der Waals surface area contributed by atoms with Crippen molar-refractivity contribution >= 4 is 17.6 Å². The van der Waals surface area contributed by atoms with Crippen LogP contribution in [0.3, 0.4) is 0 Å². The molecule has 0 aliphatic carbocycles. The van der Waals surface area contributed by atoms with Crippen molar-refractivity contribution in [1.82, 2.24) is 0 Å². The van der Waals surface area contributed by atoms with Crippen molar-refractivity contribution in [3.05, 3.63) is 41.3 Å². The summed E-state index contributed by atoms with van der Waals surface area (Å²) in [4.78, 5) is 23.3. The lowest BCUT2D eigenvalue weighted by Gasteiger charge is -2.13. The Morgan fingerprint density at radius 2 is 1.95 bits per heavy atom. The first kappa shape index (κ1) is 15.6. The van der Waals surface area contributed by atoms with Crippen LogP contribution >= 0.6 is 0 Å². The summed E-state index contributed by atoms with van der Waals surface area (Å²) in [6.07, 6.45) is 0. The number of carbonyl (C=O) groups is 2. The minimum absolute atomic E-state index is 0.122. The van der Waals surface area contributed by atoms with Crippen LogP contribution < -0.4 is 5.32 Å². The Morgan fingerprint density at radius 3 is 2.50 bits per heavy atom. The van der Waals surface area contributed by atoms with Crippen LogP contribution in [0.1, 0.15) is 24.2 Å². The fourth-order valence-electron chi connectivity index (χ4n) is 1.51. The van der Waals surface area contributed by atoms with Gasteiger partial charge in [-0.3, -0.25) is 0 Å². The summed E-state index contributed by atoms with van der Waals surface area (Å²) in [6, 6.07) is 6.49. The number of allylic oxidation sites excluding steroid dienone is 1. The number of carbonyl (C=O) groups excluding carboxylic acids is 2. The molecule has 0 aliphatic rings. The van der Waals surface area contributed by atoms with Gasteiger partial charge in [-0.05, 0) is 26.0 Å². The number of aliphatic hydroxyl groups excluding tert-OH is 1. The lowest BCUT2D eigenvalue weighted by atomic mass is 10.1. The molecule has 1 aromatic carbocycles. The number of para-hydroxylation sites is 1. The van der Waals surface area contributed by atoms with E-state index in [0.29, 0.717) is 5.69 Å². The lowest BCUT2D eigenvalue weighted by Crippen LogP contribution is -2.18. The van der Waals surface area contributed by atoms with E-state index in [1.54, 1.807) is 31.2 Å². The van der Waals surface area contributed by atoms with E-state index < -0.39 is 11.9 Å². The fourth-order valence-corrected chi connectivity index (χ4v) is 1.51. The monoisotopic (exact) mass is 279 g/mol. The van der Waals surface area contributed by atoms with E-state index in [4.69, 9.17) is 4.74 Å². The zero-order valence-electron chi connectivity index (χ0n) is 11.6. The molecule has 6 nitrogen and oxygen atoms in total.